The molecule has 3 N–H and O–H groups in total. The topological polar surface area (TPSA) is 149 Å². The third-order valence-corrected chi connectivity index (χ3v) is 4.06. The number of carbonyl (C=O) groups is 3. The van der Waals surface area contributed by atoms with Gasteiger partial charge in [0.2, 0.25) is 0 Å². The average Bonchev–Trinajstić information content (AvgIpc) is 3.31. The summed E-state index contributed by atoms with van der Waals surface area (Å²) in [6.07, 6.45) is 4.25. The highest BCUT2D eigenvalue weighted by atomic mass is 16.4. The van der Waals surface area contributed by atoms with Crippen molar-refractivity contribution in [1.82, 2.24) is 29.3 Å². The quantitative estimate of drug-likeness (QED) is 0.549. The minimum atomic E-state index is -1.08. The Labute approximate surface area is 158 Å². The van der Waals surface area contributed by atoms with E-state index in [2.05, 4.69) is 25.9 Å². The van der Waals surface area contributed by atoms with E-state index in [1.54, 1.807) is 18.8 Å². The number of carboxylic acid groups (broad SMARTS) is 1. The second kappa shape index (κ2) is 7.34. The summed E-state index contributed by atoms with van der Waals surface area (Å²) in [4.78, 5) is 35.8. The van der Waals surface area contributed by atoms with Gasteiger partial charge in [0.05, 0.1) is 29.5 Å². The standard InChI is InChI=1S/C16H18N8O4/c1-9-11(6-17-22(9)2)19-16(28)14-12(7-18-23(14)3)20-15(27)10-4-5-24(21-10)8-13(25)26/h4-7H,8H2,1-3H3,(H,19,28)(H,20,27)(H,25,26). The number of carbonyl (C=O) groups excluding carboxylic acids is 2. The zero-order valence-corrected chi connectivity index (χ0v) is 15.4. The van der Waals surface area contributed by atoms with Crippen LogP contribution < -0.4 is 10.6 Å². The summed E-state index contributed by atoms with van der Waals surface area (Å²) >= 11 is 0. The summed E-state index contributed by atoms with van der Waals surface area (Å²) in [6.45, 7) is 1.44. The summed E-state index contributed by atoms with van der Waals surface area (Å²) in [5.41, 5.74) is 1.66. The van der Waals surface area contributed by atoms with Crippen molar-refractivity contribution >= 4 is 29.2 Å². The molecule has 3 aromatic rings. The van der Waals surface area contributed by atoms with Gasteiger partial charge in [-0.05, 0) is 13.0 Å². The largest absolute Gasteiger partial charge is 0.480 e. The molecule has 0 atom stereocenters. The summed E-state index contributed by atoms with van der Waals surface area (Å²) < 4.78 is 4.08. The van der Waals surface area contributed by atoms with Gasteiger partial charge >= 0.3 is 5.97 Å². The Balaban J connectivity index is 1.77. The molecule has 0 spiro atoms. The van der Waals surface area contributed by atoms with E-state index >= 15 is 0 Å². The first-order valence-corrected chi connectivity index (χ1v) is 8.14. The number of rotatable bonds is 6. The van der Waals surface area contributed by atoms with Crippen LogP contribution in [-0.2, 0) is 25.4 Å². The number of carboxylic acids is 1. The van der Waals surface area contributed by atoms with Crippen molar-refractivity contribution in [2.24, 2.45) is 14.1 Å². The molecule has 0 radical (unpaired) electrons. The first kappa shape index (κ1) is 18.8. The van der Waals surface area contributed by atoms with Gasteiger partial charge in [-0.3, -0.25) is 28.4 Å². The van der Waals surface area contributed by atoms with E-state index in [0.29, 0.717) is 5.69 Å². The van der Waals surface area contributed by atoms with Crippen molar-refractivity contribution in [1.29, 1.82) is 0 Å². The zero-order valence-electron chi connectivity index (χ0n) is 15.4. The molecule has 0 fully saturated rings. The number of hydrogen-bond acceptors (Lipinski definition) is 6. The molecular weight excluding hydrogens is 368 g/mol. The van der Waals surface area contributed by atoms with Crippen LogP contribution in [0.1, 0.15) is 26.7 Å². The Morgan fingerprint density at radius 1 is 1.04 bits per heavy atom. The van der Waals surface area contributed by atoms with Crippen LogP contribution in [0.3, 0.4) is 0 Å². The molecule has 0 aromatic carbocycles. The van der Waals surface area contributed by atoms with E-state index in [-0.39, 0.29) is 23.6 Å². The highest BCUT2D eigenvalue weighted by molar-refractivity contribution is 6.11. The fourth-order valence-electron chi connectivity index (χ4n) is 2.50. The molecule has 0 aliphatic rings. The van der Waals surface area contributed by atoms with Crippen LogP contribution in [0.15, 0.2) is 24.7 Å². The third-order valence-electron chi connectivity index (χ3n) is 4.06. The van der Waals surface area contributed by atoms with Gasteiger partial charge in [-0.2, -0.15) is 15.3 Å². The Kier molecular flexibility index (Phi) is 4.94. The number of nitrogens with zero attached hydrogens (tertiary/aromatic N) is 6. The maximum absolute atomic E-state index is 12.7. The van der Waals surface area contributed by atoms with Crippen molar-refractivity contribution in [3.05, 3.63) is 41.7 Å². The molecule has 146 valence electrons. The van der Waals surface area contributed by atoms with Gasteiger partial charge in [0.1, 0.15) is 12.2 Å². The van der Waals surface area contributed by atoms with Crippen LogP contribution in [0.5, 0.6) is 0 Å². The van der Waals surface area contributed by atoms with E-state index in [1.807, 2.05) is 6.92 Å². The minimum absolute atomic E-state index is 0.0135. The van der Waals surface area contributed by atoms with Crippen LogP contribution in [0.4, 0.5) is 11.4 Å². The second-order valence-electron chi connectivity index (χ2n) is 6.00. The van der Waals surface area contributed by atoms with E-state index in [4.69, 9.17) is 5.11 Å². The Bertz CT molecular complexity index is 1060. The van der Waals surface area contributed by atoms with Crippen molar-refractivity contribution < 1.29 is 19.5 Å². The van der Waals surface area contributed by atoms with Crippen molar-refractivity contribution in [2.75, 3.05) is 10.6 Å². The summed E-state index contributed by atoms with van der Waals surface area (Å²) in [7, 11) is 3.33. The Hall–Kier alpha value is -3.96. The molecule has 3 rings (SSSR count). The molecule has 12 nitrogen and oxygen atoms in total. The van der Waals surface area contributed by atoms with Gasteiger partial charge in [0.15, 0.2) is 5.69 Å². The molecule has 12 heteroatoms. The highest BCUT2D eigenvalue weighted by Gasteiger charge is 2.21. The lowest BCUT2D eigenvalue weighted by Gasteiger charge is -2.08. The lowest BCUT2D eigenvalue weighted by Crippen LogP contribution is -2.21. The number of aliphatic carboxylic acids is 1. The molecular formula is C16H18N8O4. The predicted octanol–water partition coefficient (Wildman–Crippen LogP) is 0.248. The van der Waals surface area contributed by atoms with Crippen LogP contribution in [0.2, 0.25) is 0 Å². The van der Waals surface area contributed by atoms with Gasteiger partial charge < -0.3 is 15.7 Å². The first-order chi connectivity index (χ1) is 13.3. The van der Waals surface area contributed by atoms with E-state index in [0.717, 1.165) is 10.4 Å². The van der Waals surface area contributed by atoms with E-state index in [1.165, 1.54) is 29.3 Å². The van der Waals surface area contributed by atoms with Gasteiger partial charge in [-0.15, -0.1) is 0 Å². The molecule has 0 saturated carbocycles. The minimum Gasteiger partial charge on any atom is -0.480 e. The molecule has 0 saturated heterocycles. The smallest absolute Gasteiger partial charge is 0.325 e. The fourth-order valence-corrected chi connectivity index (χ4v) is 2.50. The van der Waals surface area contributed by atoms with E-state index in [9.17, 15) is 14.4 Å². The number of anilines is 2. The molecule has 3 aromatic heterocycles. The van der Waals surface area contributed by atoms with Gasteiger partial charge in [-0.1, -0.05) is 0 Å². The fraction of sp³-hybridized carbons (Fsp3) is 0.250. The van der Waals surface area contributed by atoms with Gasteiger partial charge in [0, 0.05) is 20.3 Å². The zero-order chi connectivity index (χ0) is 20.4. The third kappa shape index (κ3) is 3.75. The monoisotopic (exact) mass is 386 g/mol. The Morgan fingerprint density at radius 3 is 2.32 bits per heavy atom. The summed E-state index contributed by atoms with van der Waals surface area (Å²) in [6, 6.07) is 1.38. The van der Waals surface area contributed by atoms with E-state index < -0.39 is 17.8 Å². The van der Waals surface area contributed by atoms with Crippen LogP contribution in [-0.4, -0.2) is 52.2 Å². The first-order valence-electron chi connectivity index (χ1n) is 8.14. The molecule has 3 heterocycles. The van der Waals surface area contributed by atoms with Gasteiger partial charge in [0.25, 0.3) is 11.8 Å². The van der Waals surface area contributed by atoms with Crippen LogP contribution in [0.25, 0.3) is 0 Å². The maximum atomic E-state index is 12.7. The van der Waals surface area contributed by atoms with Gasteiger partial charge in [-0.25, -0.2) is 0 Å². The van der Waals surface area contributed by atoms with Crippen LogP contribution in [0, 0.1) is 6.92 Å². The van der Waals surface area contributed by atoms with Crippen molar-refractivity contribution in [3.63, 3.8) is 0 Å². The average molecular weight is 386 g/mol. The van der Waals surface area contributed by atoms with Crippen LogP contribution >= 0.6 is 0 Å². The number of nitrogens with one attached hydrogen (secondary N) is 2. The second-order valence-corrected chi connectivity index (χ2v) is 6.00. The molecule has 0 unspecified atom stereocenters. The van der Waals surface area contributed by atoms with Crippen molar-refractivity contribution in [3.8, 4) is 0 Å². The molecule has 28 heavy (non-hydrogen) atoms. The number of amides is 2. The van der Waals surface area contributed by atoms with Crippen molar-refractivity contribution in [2.45, 2.75) is 13.5 Å². The Morgan fingerprint density at radius 2 is 1.68 bits per heavy atom. The lowest BCUT2D eigenvalue weighted by atomic mass is 10.3. The highest BCUT2D eigenvalue weighted by Crippen LogP contribution is 2.19. The molecule has 0 aliphatic heterocycles. The molecule has 2 amide bonds. The summed E-state index contributed by atoms with van der Waals surface area (Å²) in [5, 5.41) is 26.1. The maximum Gasteiger partial charge on any atom is 0.325 e. The molecule has 0 bridgehead atoms. The predicted molar refractivity (Wildman–Crippen MR) is 96.9 cm³/mol. The molecule has 0 aliphatic carbocycles. The SMILES string of the molecule is Cc1c(NC(=O)c2c(NC(=O)c3ccn(CC(=O)O)n3)cnn2C)cnn1C. The normalized spacial score (nSPS) is 10.7. The summed E-state index contributed by atoms with van der Waals surface area (Å²) in [5.74, 6) is -2.14. The number of aromatic nitrogens is 6. The lowest BCUT2D eigenvalue weighted by molar-refractivity contribution is -0.137. The number of hydrogen-bond donors (Lipinski definition) is 3. The number of aryl methyl sites for hydroxylation is 2.